The highest BCUT2D eigenvalue weighted by Gasteiger charge is 2.32. The maximum atomic E-state index is 6.45. The summed E-state index contributed by atoms with van der Waals surface area (Å²) in [5.41, 5.74) is 5.08. The van der Waals surface area contributed by atoms with Crippen molar-refractivity contribution < 1.29 is 4.74 Å². The van der Waals surface area contributed by atoms with E-state index in [9.17, 15) is 0 Å². The molecule has 0 saturated heterocycles. The van der Waals surface area contributed by atoms with E-state index in [-0.39, 0.29) is 0 Å². The van der Waals surface area contributed by atoms with Crippen LogP contribution in [-0.4, -0.2) is 9.97 Å². The molecule has 6 rings (SSSR count). The molecule has 4 fully saturated rings. The second-order valence-electron chi connectivity index (χ2n) is 16.3. The highest BCUT2D eigenvalue weighted by atomic mass is 16.5. The zero-order chi connectivity index (χ0) is 31.2. The molecule has 0 radical (unpaired) electrons. The van der Waals surface area contributed by atoms with Crippen molar-refractivity contribution in [2.24, 2.45) is 47.3 Å². The van der Waals surface area contributed by atoms with Crippen molar-refractivity contribution in [2.45, 2.75) is 156 Å². The van der Waals surface area contributed by atoms with Crippen molar-refractivity contribution in [2.75, 3.05) is 0 Å². The Morgan fingerprint density at radius 3 is 1.11 bits per heavy atom. The SMILES string of the molecule is CC[C@H]1CC[C@H]([C@H]2CC[C@H](Cc3cc(Oc4cnc(C)c(C[C@H]5CC[C@H]([C@H]6CC[C@H](CC)CC6)CC5)c4)cnc3C)CC2)CC1. The molecule has 4 saturated carbocycles. The summed E-state index contributed by atoms with van der Waals surface area (Å²) >= 11 is 0. The summed E-state index contributed by atoms with van der Waals surface area (Å²) in [5.74, 6) is 9.31. The van der Waals surface area contributed by atoms with E-state index in [2.05, 4.69) is 39.8 Å². The first-order valence-corrected chi connectivity index (χ1v) is 19.6. The Morgan fingerprint density at radius 1 is 0.489 bits per heavy atom. The third-order valence-electron chi connectivity index (χ3n) is 13.6. The average Bonchev–Trinajstić information content (AvgIpc) is 3.08. The van der Waals surface area contributed by atoms with Gasteiger partial charge in [0.25, 0.3) is 0 Å². The fourth-order valence-corrected chi connectivity index (χ4v) is 10.3. The molecule has 4 aliphatic rings. The molecule has 4 aliphatic carbocycles. The zero-order valence-corrected chi connectivity index (χ0v) is 29.4. The first kappa shape index (κ1) is 33.0. The van der Waals surface area contributed by atoms with Gasteiger partial charge in [-0.3, -0.25) is 9.97 Å². The number of pyridine rings is 2. The Labute approximate surface area is 276 Å². The Kier molecular flexibility index (Phi) is 11.6. The Bertz CT molecular complexity index is 1100. The molecule has 2 heterocycles. The van der Waals surface area contributed by atoms with Gasteiger partial charge < -0.3 is 4.74 Å². The summed E-state index contributed by atoms with van der Waals surface area (Å²) < 4.78 is 6.45. The van der Waals surface area contributed by atoms with Gasteiger partial charge in [-0.15, -0.1) is 0 Å². The number of rotatable bonds is 10. The van der Waals surface area contributed by atoms with E-state index in [1.54, 1.807) is 0 Å². The molecule has 0 aromatic carbocycles. The summed E-state index contributed by atoms with van der Waals surface area (Å²) in [4.78, 5) is 9.57. The van der Waals surface area contributed by atoms with E-state index in [1.165, 1.54) is 138 Å². The van der Waals surface area contributed by atoms with Crippen LogP contribution in [0.15, 0.2) is 24.5 Å². The summed E-state index contributed by atoms with van der Waals surface area (Å²) in [6.45, 7) is 9.11. The minimum atomic E-state index is 0.790. The molecular weight excluding hydrogens is 548 g/mol. The van der Waals surface area contributed by atoms with Gasteiger partial charge >= 0.3 is 0 Å². The fraction of sp³-hybridized carbons (Fsp3) is 0.762. The Morgan fingerprint density at radius 2 is 0.800 bits per heavy atom. The highest BCUT2D eigenvalue weighted by Crippen LogP contribution is 2.44. The predicted octanol–water partition coefficient (Wildman–Crippen LogP) is 12.0. The molecule has 45 heavy (non-hydrogen) atoms. The number of aromatic nitrogens is 2. The molecule has 0 bridgehead atoms. The van der Waals surface area contributed by atoms with Gasteiger partial charge in [0, 0.05) is 11.4 Å². The molecule has 248 valence electrons. The van der Waals surface area contributed by atoms with Crippen LogP contribution in [-0.2, 0) is 12.8 Å². The van der Waals surface area contributed by atoms with E-state index in [4.69, 9.17) is 14.7 Å². The van der Waals surface area contributed by atoms with Gasteiger partial charge in [-0.2, -0.15) is 0 Å². The van der Waals surface area contributed by atoms with Crippen molar-refractivity contribution in [3.05, 3.63) is 47.0 Å². The molecule has 2 aromatic rings. The van der Waals surface area contributed by atoms with E-state index >= 15 is 0 Å². The van der Waals surface area contributed by atoms with Gasteiger partial charge in [0.1, 0.15) is 11.5 Å². The van der Waals surface area contributed by atoms with Crippen LogP contribution in [0.1, 0.15) is 152 Å². The molecule has 0 aliphatic heterocycles. The molecular formula is C42H64N2O. The third kappa shape index (κ3) is 8.72. The van der Waals surface area contributed by atoms with Crippen molar-refractivity contribution in [1.29, 1.82) is 0 Å². The van der Waals surface area contributed by atoms with E-state index in [0.717, 1.165) is 71.7 Å². The highest BCUT2D eigenvalue weighted by molar-refractivity contribution is 5.36. The van der Waals surface area contributed by atoms with Gasteiger partial charge in [-0.25, -0.2) is 0 Å². The number of ether oxygens (including phenoxy) is 1. The molecule has 0 spiro atoms. The van der Waals surface area contributed by atoms with Crippen molar-refractivity contribution >= 4 is 0 Å². The first-order chi connectivity index (χ1) is 22.0. The monoisotopic (exact) mass is 613 g/mol. The summed E-state index contributed by atoms with van der Waals surface area (Å²) in [7, 11) is 0. The molecule has 0 atom stereocenters. The smallest absolute Gasteiger partial charge is 0.146 e. The number of hydrogen-bond acceptors (Lipinski definition) is 3. The largest absolute Gasteiger partial charge is 0.454 e. The topological polar surface area (TPSA) is 35.0 Å². The number of aryl methyl sites for hydroxylation is 2. The van der Waals surface area contributed by atoms with Crippen molar-refractivity contribution in [3.63, 3.8) is 0 Å². The third-order valence-corrected chi connectivity index (χ3v) is 13.6. The molecule has 0 unspecified atom stereocenters. The summed E-state index contributed by atoms with van der Waals surface area (Å²) in [6, 6.07) is 4.55. The summed E-state index contributed by atoms with van der Waals surface area (Å²) in [6.07, 6.45) is 32.1. The van der Waals surface area contributed by atoms with E-state index in [0.29, 0.717) is 0 Å². The van der Waals surface area contributed by atoms with Crippen molar-refractivity contribution in [1.82, 2.24) is 9.97 Å². The molecule has 3 heteroatoms. The van der Waals surface area contributed by atoms with Gasteiger partial charge in [-0.1, -0.05) is 52.4 Å². The van der Waals surface area contributed by atoms with Crippen LogP contribution in [0.3, 0.4) is 0 Å². The lowest BCUT2D eigenvalue weighted by Crippen LogP contribution is -2.26. The van der Waals surface area contributed by atoms with Crippen LogP contribution < -0.4 is 4.74 Å². The zero-order valence-electron chi connectivity index (χ0n) is 29.4. The van der Waals surface area contributed by atoms with Crippen LogP contribution >= 0.6 is 0 Å². The van der Waals surface area contributed by atoms with Crippen LogP contribution in [0.5, 0.6) is 11.5 Å². The lowest BCUT2D eigenvalue weighted by Gasteiger charge is -2.38. The first-order valence-electron chi connectivity index (χ1n) is 19.6. The summed E-state index contributed by atoms with van der Waals surface area (Å²) in [5, 5.41) is 0. The van der Waals surface area contributed by atoms with E-state index in [1.807, 2.05) is 12.4 Å². The van der Waals surface area contributed by atoms with Gasteiger partial charge in [0.05, 0.1) is 12.4 Å². The lowest BCUT2D eigenvalue weighted by molar-refractivity contribution is 0.145. The Hall–Kier alpha value is -1.90. The second-order valence-corrected chi connectivity index (χ2v) is 16.3. The lowest BCUT2D eigenvalue weighted by atomic mass is 9.68. The molecule has 2 aromatic heterocycles. The minimum Gasteiger partial charge on any atom is -0.454 e. The Balaban J connectivity index is 0.990. The van der Waals surface area contributed by atoms with Crippen LogP contribution in [0.2, 0.25) is 0 Å². The van der Waals surface area contributed by atoms with Crippen LogP contribution in [0, 0.1) is 61.2 Å². The normalized spacial score (nSPS) is 32.7. The molecule has 0 N–H and O–H groups in total. The van der Waals surface area contributed by atoms with Crippen LogP contribution in [0.25, 0.3) is 0 Å². The second kappa shape index (κ2) is 15.8. The van der Waals surface area contributed by atoms with Gasteiger partial charge in [0.2, 0.25) is 0 Å². The molecule has 3 nitrogen and oxygen atoms in total. The predicted molar refractivity (Wildman–Crippen MR) is 188 cm³/mol. The van der Waals surface area contributed by atoms with Crippen LogP contribution in [0.4, 0.5) is 0 Å². The standard InChI is InChI=1S/C42H64N2O/c1-5-31-7-15-35(16-8-31)37-19-11-33(12-20-37)23-39-25-41(27-43-29(39)3)45-42-26-40(30(4)44-28-42)24-34-13-21-38(22-14-34)36-17-9-32(6-2)10-18-36/h25-28,31-38H,5-24H2,1-4H3/t31-,32-,33-,34-,35-,36-,37-,38-. The minimum absolute atomic E-state index is 0.790. The maximum absolute atomic E-state index is 6.45. The van der Waals surface area contributed by atoms with Crippen molar-refractivity contribution in [3.8, 4) is 11.5 Å². The van der Waals surface area contributed by atoms with Gasteiger partial charge in [-0.05, 0) is 174 Å². The molecule has 0 amide bonds. The number of hydrogen-bond donors (Lipinski definition) is 0. The fourth-order valence-electron chi connectivity index (χ4n) is 10.3. The maximum Gasteiger partial charge on any atom is 0.146 e. The number of nitrogens with zero attached hydrogens (tertiary/aromatic N) is 2. The van der Waals surface area contributed by atoms with Gasteiger partial charge in [0.15, 0.2) is 0 Å². The van der Waals surface area contributed by atoms with E-state index < -0.39 is 0 Å². The quantitative estimate of drug-likeness (QED) is 0.268. The average molecular weight is 613 g/mol.